The summed E-state index contributed by atoms with van der Waals surface area (Å²) in [6.45, 7) is 5.64. The second-order valence-electron chi connectivity index (χ2n) is 5.63. The summed E-state index contributed by atoms with van der Waals surface area (Å²) < 4.78 is 0. The molecule has 2 aliphatic heterocycles. The molecule has 5 heteroatoms. The van der Waals surface area contributed by atoms with Gasteiger partial charge in [0, 0.05) is 13.1 Å². The third-order valence-corrected chi connectivity index (χ3v) is 4.23. The molecular formula is C12H20N2O3. The van der Waals surface area contributed by atoms with Crippen LogP contribution in [0.2, 0.25) is 0 Å². The molecule has 0 spiro atoms. The first-order valence-electron chi connectivity index (χ1n) is 6.16. The maximum absolute atomic E-state index is 12.5. The lowest BCUT2D eigenvalue weighted by atomic mass is 9.86. The van der Waals surface area contributed by atoms with Crippen LogP contribution in [0.15, 0.2) is 0 Å². The standard InChI is InChI=1S/C12H20N2O3/c1-11(5-6-13-8-11)9(15)14-7-3-4-12(14,2)10(16)17/h13H,3-8H2,1-2H3,(H,16,17). The predicted octanol–water partition coefficient (Wildman–Crippen LogP) is 0.452. The molecule has 2 aliphatic rings. The smallest absolute Gasteiger partial charge is 0.329 e. The van der Waals surface area contributed by atoms with Gasteiger partial charge in [-0.3, -0.25) is 4.79 Å². The van der Waals surface area contributed by atoms with E-state index in [9.17, 15) is 14.7 Å². The number of likely N-dealkylation sites (tertiary alicyclic amines) is 1. The second kappa shape index (κ2) is 3.98. The van der Waals surface area contributed by atoms with Crippen molar-refractivity contribution in [2.24, 2.45) is 5.41 Å². The van der Waals surface area contributed by atoms with Gasteiger partial charge in [0.2, 0.25) is 5.91 Å². The van der Waals surface area contributed by atoms with Crippen molar-refractivity contribution in [3.05, 3.63) is 0 Å². The van der Waals surface area contributed by atoms with Gasteiger partial charge in [0.05, 0.1) is 5.41 Å². The van der Waals surface area contributed by atoms with Gasteiger partial charge >= 0.3 is 5.97 Å². The molecule has 2 heterocycles. The van der Waals surface area contributed by atoms with Gasteiger partial charge in [0.1, 0.15) is 5.54 Å². The lowest BCUT2D eigenvalue weighted by Crippen LogP contribution is -2.55. The Morgan fingerprint density at radius 2 is 2.00 bits per heavy atom. The molecule has 5 nitrogen and oxygen atoms in total. The Bertz CT molecular complexity index is 350. The molecule has 0 aromatic rings. The van der Waals surface area contributed by atoms with Crippen LogP contribution in [0.25, 0.3) is 0 Å². The molecule has 2 rings (SSSR count). The normalized spacial score (nSPS) is 37.4. The first kappa shape index (κ1) is 12.4. The molecule has 96 valence electrons. The van der Waals surface area contributed by atoms with E-state index < -0.39 is 16.9 Å². The summed E-state index contributed by atoms with van der Waals surface area (Å²) in [6, 6.07) is 0. The first-order valence-corrected chi connectivity index (χ1v) is 6.16. The molecule has 17 heavy (non-hydrogen) atoms. The number of rotatable bonds is 2. The molecule has 0 bridgehead atoms. The van der Waals surface area contributed by atoms with Crippen molar-refractivity contribution in [3.63, 3.8) is 0 Å². The Hall–Kier alpha value is -1.10. The van der Waals surface area contributed by atoms with Crippen LogP contribution in [0.5, 0.6) is 0 Å². The van der Waals surface area contributed by atoms with Crippen molar-refractivity contribution in [1.82, 2.24) is 10.2 Å². The van der Waals surface area contributed by atoms with E-state index in [1.54, 1.807) is 11.8 Å². The number of hydrogen-bond donors (Lipinski definition) is 2. The van der Waals surface area contributed by atoms with Crippen LogP contribution in [0.4, 0.5) is 0 Å². The van der Waals surface area contributed by atoms with Gasteiger partial charge in [-0.05, 0) is 39.7 Å². The van der Waals surface area contributed by atoms with Gasteiger partial charge in [0.15, 0.2) is 0 Å². The highest BCUT2D eigenvalue weighted by atomic mass is 16.4. The van der Waals surface area contributed by atoms with E-state index in [0.29, 0.717) is 19.5 Å². The Balaban J connectivity index is 2.22. The zero-order chi connectivity index (χ0) is 12.7. The third kappa shape index (κ3) is 1.82. The summed E-state index contributed by atoms with van der Waals surface area (Å²) in [6.07, 6.45) is 2.12. The van der Waals surface area contributed by atoms with Crippen LogP contribution in [0.1, 0.15) is 33.1 Å². The quantitative estimate of drug-likeness (QED) is 0.735. The molecule has 0 aromatic heterocycles. The highest BCUT2D eigenvalue weighted by molar-refractivity contribution is 5.90. The summed E-state index contributed by atoms with van der Waals surface area (Å²) in [5.74, 6) is -0.900. The molecule has 0 aromatic carbocycles. The van der Waals surface area contributed by atoms with Crippen molar-refractivity contribution < 1.29 is 14.7 Å². The van der Waals surface area contributed by atoms with Gasteiger partial charge in [-0.1, -0.05) is 0 Å². The monoisotopic (exact) mass is 240 g/mol. The highest BCUT2D eigenvalue weighted by Crippen LogP contribution is 2.36. The van der Waals surface area contributed by atoms with E-state index in [-0.39, 0.29) is 5.91 Å². The Morgan fingerprint density at radius 1 is 1.29 bits per heavy atom. The summed E-state index contributed by atoms with van der Waals surface area (Å²) >= 11 is 0. The van der Waals surface area contributed by atoms with E-state index in [4.69, 9.17) is 0 Å². The maximum Gasteiger partial charge on any atom is 0.329 e. The van der Waals surface area contributed by atoms with Crippen LogP contribution in [-0.4, -0.2) is 47.1 Å². The number of carbonyl (C=O) groups is 2. The van der Waals surface area contributed by atoms with Crippen molar-refractivity contribution in [2.75, 3.05) is 19.6 Å². The number of amides is 1. The number of hydrogen-bond acceptors (Lipinski definition) is 3. The molecular weight excluding hydrogens is 220 g/mol. The Labute approximate surface area is 101 Å². The Morgan fingerprint density at radius 3 is 2.53 bits per heavy atom. The van der Waals surface area contributed by atoms with Crippen LogP contribution >= 0.6 is 0 Å². The number of carboxylic acid groups (broad SMARTS) is 1. The van der Waals surface area contributed by atoms with E-state index in [1.807, 2.05) is 6.92 Å². The van der Waals surface area contributed by atoms with Crippen LogP contribution in [0.3, 0.4) is 0 Å². The molecule has 2 N–H and O–H groups in total. The van der Waals surface area contributed by atoms with Gasteiger partial charge in [-0.2, -0.15) is 0 Å². The maximum atomic E-state index is 12.5. The minimum absolute atomic E-state index is 0.00935. The topological polar surface area (TPSA) is 69.6 Å². The molecule has 0 aliphatic carbocycles. The van der Waals surface area contributed by atoms with Gasteiger partial charge in [-0.25, -0.2) is 4.79 Å². The van der Waals surface area contributed by atoms with E-state index in [1.165, 1.54) is 0 Å². The minimum atomic E-state index is -1.01. The lowest BCUT2D eigenvalue weighted by Gasteiger charge is -2.36. The van der Waals surface area contributed by atoms with Gasteiger partial charge < -0.3 is 15.3 Å². The Kier molecular flexibility index (Phi) is 2.89. The molecule has 2 unspecified atom stereocenters. The predicted molar refractivity (Wildman–Crippen MR) is 62.6 cm³/mol. The second-order valence-corrected chi connectivity index (χ2v) is 5.63. The summed E-state index contributed by atoms with van der Waals surface area (Å²) in [7, 11) is 0. The van der Waals surface area contributed by atoms with Crippen molar-refractivity contribution in [2.45, 2.75) is 38.6 Å². The SMILES string of the molecule is CC1(C(=O)N2CCCC2(C)C(=O)O)CCNC1. The van der Waals surface area contributed by atoms with Crippen LogP contribution in [0, 0.1) is 5.41 Å². The summed E-state index contributed by atoms with van der Waals surface area (Å²) in [5, 5.41) is 12.5. The zero-order valence-electron chi connectivity index (χ0n) is 10.5. The summed E-state index contributed by atoms with van der Waals surface area (Å²) in [4.78, 5) is 25.4. The molecule has 2 saturated heterocycles. The number of nitrogens with one attached hydrogen (secondary N) is 1. The average molecular weight is 240 g/mol. The number of aliphatic carboxylic acids is 1. The molecule has 2 atom stereocenters. The number of carbonyl (C=O) groups excluding carboxylic acids is 1. The van der Waals surface area contributed by atoms with E-state index >= 15 is 0 Å². The number of carboxylic acids is 1. The minimum Gasteiger partial charge on any atom is -0.480 e. The van der Waals surface area contributed by atoms with Crippen molar-refractivity contribution in [1.29, 1.82) is 0 Å². The van der Waals surface area contributed by atoms with Crippen molar-refractivity contribution in [3.8, 4) is 0 Å². The molecule has 0 radical (unpaired) electrons. The zero-order valence-corrected chi connectivity index (χ0v) is 10.5. The molecule has 2 fully saturated rings. The van der Waals surface area contributed by atoms with Crippen molar-refractivity contribution >= 4 is 11.9 Å². The lowest BCUT2D eigenvalue weighted by molar-refractivity contribution is -0.159. The number of nitrogens with zero attached hydrogens (tertiary/aromatic N) is 1. The van der Waals surface area contributed by atoms with Gasteiger partial charge in [0.25, 0.3) is 0 Å². The van der Waals surface area contributed by atoms with Crippen LogP contribution < -0.4 is 5.32 Å². The fourth-order valence-corrected chi connectivity index (χ4v) is 2.84. The molecule has 1 amide bonds. The highest BCUT2D eigenvalue weighted by Gasteiger charge is 2.50. The fraction of sp³-hybridized carbons (Fsp3) is 0.833. The average Bonchev–Trinajstić information content (AvgIpc) is 2.86. The largest absolute Gasteiger partial charge is 0.480 e. The van der Waals surface area contributed by atoms with Gasteiger partial charge in [-0.15, -0.1) is 0 Å². The van der Waals surface area contributed by atoms with E-state index in [2.05, 4.69) is 5.32 Å². The summed E-state index contributed by atoms with van der Waals surface area (Å²) in [5.41, 5.74) is -1.44. The molecule has 0 saturated carbocycles. The first-order chi connectivity index (χ1) is 7.90. The van der Waals surface area contributed by atoms with E-state index in [0.717, 1.165) is 19.4 Å². The van der Waals surface area contributed by atoms with Crippen LogP contribution in [-0.2, 0) is 9.59 Å². The fourth-order valence-electron chi connectivity index (χ4n) is 2.84. The third-order valence-electron chi connectivity index (χ3n) is 4.23.